The van der Waals surface area contributed by atoms with Crippen molar-refractivity contribution >= 4 is 29.1 Å². The van der Waals surface area contributed by atoms with E-state index in [-0.39, 0.29) is 11.3 Å². The Morgan fingerprint density at radius 2 is 1.90 bits per heavy atom. The van der Waals surface area contributed by atoms with Gasteiger partial charge in [-0.2, -0.15) is 0 Å². The molecule has 7 heteroatoms. The summed E-state index contributed by atoms with van der Waals surface area (Å²) in [7, 11) is 1.58. The number of nitrogens with zero attached hydrogens (tertiary/aromatic N) is 1. The maximum Gasteiger partial charge on any atom is 0.295 e. The molecule has 0 saturated carbocycles. The zero-order valence-corrected chi connectivity index (χ0v) is 18.4. The van der Waals surface area contributed by atoms with Gasteiger partial charge in [0, 0.05) is 30.8 Å². The average molecular weight is 444 g/mol. The van der Waals surface area contributed by atoms with Crippen LogP contribution in [0.25, 0.3) is 5.76 Å². The van der Waals surface area contributed by atoms with Crippen molar-refractivity contribution in [3.05, 3.63) is 70.3 Å². The van der Waals surface area contributed by atoms with Gasteiger partial charge in [0.1, 0.15) is 11.5 Å². The number of aliphatic hydroxyl groups excluding tert-OH is 1. The Hall–Kier alpha value is -2.83. The predicted molar refractivity (Wildman–Crippen MR) is 119 cm³/mol. The molecule has 2 aromatic carbocycles. The van der Waals surface area contributed by atoms with Crippen LogP contribution in [0.15, 0.2) is 54.1 Å². The Morgan fingerprint density at radius 1 is 1.13 bits per heavy atom. The van der Waals surface area contributed by atoms with Crippen molar-refractivity contribution in [3.63, 3.8) is 0 Å². The molecule has 164 valence electrons. The summed E-state index contributed by atoms with van der Waals surface area (Å²) in [4.78, 5) is 27.3. The molecule has 0 radical (unpaired) electrons. The number of likely N-dealkylation sites (tertiary alicyclic amines) is 1. The minimum absolute atomic E-state index is 0.0392. The Balaban J connectivity index is 2.08. The van der Waals surface area contributed by atoms with Crippen LogP contribution >= 0.6 is 11.6 Å². The van der Waals surface area contributed by atoms with Gasteiger partial charge in [-0.05, 0) is 42.7 Å². The lowest BCUT2D eigenvalue weighted by molar-refractivity contribution is -0.140. The van der Waals surface area contributed by atoms with Crippen LogP contribution in [-0.4, -0.2) is 48.6 Å². The molecule has 0 bridgehead atoms. The predicted octanol–water partition coefficient (Wildman–Crippen LogP) is 4.59. The van der Waals surface area contributed by atoms with Crippen molar-refractivity contribution in [2.24, 2.45) is 0 Å². The van der Waals surface area contributed by atoms with Crippen LogP contribution in [-0.2, 0) is 14.3 Å². The number of Topliss-reactive ketones (excluding diaryl/α,β-unsaturated/α-hetero) is 1. The second kappa shape index (κ2) is 10.5. The molecule has 2 aromatic rings. The normalized spacial score (nSPS) is 17.9. The van der Waals surface area contributed by atoms with Crippen LogP contribution in [0.1, 0.15) is 36.9 Å². The van der Waals surface area contributed by atoms with Crippen molar-refractivity contribution in [2.45, 2.75) is 25.8 Å². The van der Waals surface area contributed by atoms with Crippen molar-refractivity contribution in [2.75, 3.05) is 26.9 Å². The molecule has 1 aliphatic rings. The molecule has 1 aliphatic heterocycles. The molecule has 1 heterocycles. The van der Waals surface area contributed by atoms with Gasteiger partial charge in [-0.1, -0.05) is 42.8 Å². The van der Waals surface area contributed by atoms with Crippen LogP contribution in [0.3, 0.4) is 0 Å². The van der Waals surface area contributed by atoms with E-state index in [4.69, 9.17) is 21.1 Å². The third-order valence-corrected chi connectivity index (χ3v) is 5.27. The molecule has 1 amide bonds. The van der Waals surface area contributed by atoms with Gasteiger partial charge in [-0.15, -0.1) is 0 Å². The van der Waals surface area contributed by atoms with E-state index in [1.807, 2.05) is 6.92 Å². The van der Waals surface area contributed by atoms with Crippen LogP contribution in [0.4, 0.5) is 0 Å². The maximum absolute atomic E-state index is 13.0. The first-order valence-corrected chi connectivity index (χ1v) is 10.6. The SMILES string of the molecule is CCCOc1cccc(C(O)=C2C(=O)C(=O)N(CCCOC)C2c2cccc(Cl)c2)c1. The van der Waals surface area contributed by atoms with E-state index >= 15 is 0 Å². The van der Waals surface area contributed by atoms with Gasteiger partial charge in [-0.25, -0.2) is 0 Å². The topological polar surface area (TPSA) is 76.1 Å². The number of aliphatic hydroxyl groups is 1. The average Bonchev–Trinajstić information content (AvgIpc) is 3.02. The fourth-order valence-corrected chi connectivity index (χ4v) is 3.82. The third kappa shape index (κ3) is 5.09. The van der Waals surface area contributed by atoms with E-state index in [0.717, 1.165) is 6.42 Å². The molecule has 0 spiro atoms. The monoisotopic (exact) mass is 443 g/mol. The van der Waals surface area contributed by atoms with Crippen LogP contribution in [0, 0.1) is 0 Å². The summed E-state index contributed by atoms with van der Waals surface area (Å²) in [5.41, 5.74) is 1.11. The number of hydrogen-bond acceptors (Lipinski definition) is 5. The summed E-state index contributed by atoms with van der Waals surface area (Å²) in [5.74, 6) is -1.03. The standard InChI is InChI=1S/C24H26ClNO5/c1-3-12-31-19-10-5-8-17(15-19)22(27)20-21(16-7-4-9-18(25)14-16)26(11-6-13-30-2)24(29)23(20)28/h4-5,7-10,14-15,21,27H,3,6,11-13H2,1-2H3. The Bertz CT molecular complexity index is 987. The van der Waals surface area contributed by atoms with Gasteiger partial charge < -0.3 is 19.5 Å². The number of carbonyl (C=O) groups excluding carboxylic acids is 2. The number of carbonyl (C=O) groups is 2. The fourth-order valence-electron chi connectivity index (χ4n) is 3.62. The Kier molecular flexibility index (Phi) is 7.71. The highest BCUT2D eigenvalue weighted by Gasteiger charge is 2.45. The Morgan fingerprint density at radius 3 is 2.61 bits per heavy atom. The molecule has 0 aromatic heterocycles. The first kappa shape index (κ1) is 22.8. The summed E-state index contributed by atoms with van der Waals surface area (Å²) < 4.78 is 10.7. The number of ether oxygens (including phenoxy) is 2. The lowest BCUT2D eigenvalue weighted by Gasteiger charge is -2.25. The number of amides is 1. The summed E-state index contributed by atoms with van der Waals surface area (Å²) in [6.45, 7) is 3.30. The van der Waals surface area contributed by atoms with Crippen molar-refractivity contribution in [1.82, 2.24) is 4.90 Å². The van der Waals surface area contributed by atoms with Gasteiger partial charge in [0.25, 0.3) is 11.7 Å². The van der Waals surface area contributed by atoms with E-state index in [1.165, 1.54) is 4.90 Å². The van der Waals surface area contributed by atoms with E-state index < -0.39 is 17.7 Å². The minimum Gasteiger partial charge on any atom is -0.507 e. The van der Waals surface area contributed by atoms with Crippen molar-refractivity contribution in [1.29, 1.82) is 0 Å². The molecule has 1 saturated heterocycles. The van der Waals surface area contributed by atoms with Gasteiger partial charge in [0.15, 0.2) is 0 Å². The summed E-state index contributed by atoms with van der Waals surface area (Å²) in [5, 5.41) is 11.6. The molecule has 1 atom stereocenters. The number of ketones is 1. The highest BCUT2D eigenvalue weighted by Crippen LogP contribution is 2.40. The molecule has 0 aliphatic carbocycles. The van der Waals surface area contributed by atoms with Crippen molar-refractivity contribution in [3.8, 4) is 5.75 Å². The van der Waals surface area contributed by atoms with Crippen molar-refractivity contribution < 1.29 is 24.2 Å². The van der Waals surface area contributed by atoms with Crippen LogP contribution in [0.5, 0.6) is 5.75 Å². The molecule has 1 unspecified atom stereocenters. The highest BCUT2D eigenvalue weighted by atomic mass is 35.5. The molecule has 3 rings (SSSR count). The minimum atomic E-state index is -0.740. The molecular formula is C24H26ClNO5. The molecule has 1 fully saturated rings. The van der Waals surface area contributed by atoms with Gasteiger partial charge in [0.2, 0.25) is 0 Å². The number of benzene rings is 2. The molecular weight excluding hydrogens is 418 g/mol. The second-order valence-corrected chi connectivity index (χ2v) is 7.71. The molecule has 1 N–H and O–H groups in total. The molecule has 6 nitrogen and oxygen atoms in total. The molecule has 31 heavy (non-hydrogen) atoms. The summed E-state index contributed by atoms with van der Waals surface area (Å²) >= 11 is 6.18. The van der Waals surface area contributed by atoms with Crippen LogP contribution in [0.2, 0.25) is 5.02 Å². The lowest BCUT2D eigenvalue weighted by Crippen LogP contribution is -2.31. The van der Waals surface area contributed by atoms with E-state index in [2.05, 4.69) is 0 Å². The van der Waals surface area contributed by atoms with Gasteiger partial charge in [-0.3, -0.25) is 9.59 Å². The fraction of sp³-hybridized carbons (Fsp3) is 0.333. The highest BCUT2D eigenvalue weighted by molar-refractivity contribution is 6.46. The lowest BCUT2D eigenvalue weighted by atomic mass is 9.95. The number of rotatable bonds is 9. The maximum atomic E-state index is 13.0. The largest absolute Gasteiger partial charge is 0.507 e. The first-order chi connectivity index (χ1) is 15.0. The third-order valence-electron chi connectivity index (χ3n) is 5.03. The smallest absolute Gasteiger partial charge is 0.295 e. The zero-order valence-electron chi connectivity index (χ0n) is 17.6. The number of hydrogen-bond donors (Lipinski definition) is 1. The van der Waals surface area contributed by atoms with Gasteiger partial charge >= 0.3 is 0 Å². The summed E-state index contributed by atoms with van der Waals surface area (Å²) in [6, 6.07) is 13.1. The quantitative estimate of drug-likeness (QED) is 0.265. The number of methoxy groups -OCH3 is 1. The number of halogens is 1. The summed E-state index contributed by atoms with van der Waals surface area (Å²) in [6.07, 6.45) is 1.40. The van der Waals surface area contributed by atoms with E-state index in [9.17, 15) is 14.7 Å². The van der Waals surface area contributed by atoms with Gasteiger partial charge in [0.05, 0.1) is 18.2 Å². The van der Waals surface area contributed by atoms with E-state index in [1.54, 1.807) is 55.6 Å². The van der Waals surface area contributed by atoms with E-state index in [0.29, 0.717) is 48.1 Å². The van der Waals surface area contributed by atoms with Crippen LogP contribution < -0.4 is 4.74 Å². The first-order valence-electron chi connectivity index (χ1n) is 10.2. The zero-order chi connectivity index (χ0) is 22.4. The Labute approximate surface area is 187 Å². The second-order valence-electron chi connectivity index (χ2n) is 7.27.